The lowest BCUT2D eigenvalue weighted by molar-refractivity contribution is -0.124. The second kappa shape index (κ2) is 8.81. The molecule has 0 heterocycles. The summed E-state index contributed by atoms with van der Waals surface area (Å²) in [6.07, 6.45) is 0. The topological polar surface area (TPSA) is 55.4 Å². The molecule has 0 aliphatic carbocycles. The zero-order valence-electron chi connectivity index (χ0n) is 15.1. The van der Waals surface area contributed by atoms with Gasteiger partial charge in [0.1, 0.15) is 0 Å². The summed E-state index contributed by atoms with van der Waals surface area (Å²) in [5.41, 5.74) is 3.40. The van der Waals surface area contributed by atoms with Crippen molar-refractivity contribution in [2.24, 2.45) is 0 Å². The van der Waals surface area contributed by atoms with Crippen molar-refractivity contribution < 1.29 is 14.3 Å². The van der Waals surface area contributed by atoms with E-state index in [4.69, 9.17) is 4.74 Å². The summed E-state index contributed by atoms with van der Waals surface area (Å²) >= 11 is 0. The fraction of sp³-hybridized carbons (Fsp3) is 0.130. The number of carbonyl (C=O) groups excluding carboxylic acids is 2. The van der Waals surface area contributed by atoms with Crippen LogP contribution in [0.5, 0.6) is 0 Å². The van der Waals surface area contributed by atoms with Crippen LogP contribution in [0.15, 0.2) is 84.9 Å². The number of nitrogens with one attached hydrogen (secondary N) is 1. The number of benzene rings is 3. The molecule has 0 aliphatic rings. The normalized spacial score (nSPS) is 10.4. The van der Waals surface area contributed by atoms with E-state index in [1.165, 1.54) is 0 Å². The van der Waals surface area contributed by atoms with Gasteiger partial charge in [0.2, 0.25) is 0 Å². The first-order chi connectivity index (χ1) is 13.1. The van der Waals surface area contributed by atoms with Crippen LogP contribution in [0.3, 0.4) is 0 Å². The Morgan fingerprint density at radius 2 is 1.33 bits per heavy atom. The van der Waals surface area contributed by atoms with Crippen molar-refractivity contribution in [3.05, 3.63) is 107 Å². The van der Waals surface area contributed by atoms with Crippen LogP contribution in [0, 0.1) is 6.92 Å². The van der Waals surface area contributed by atoms with Crippen molar-refractivity contribution in [3.63, 3.8) is 0 Å². The minimum atomic E-state index is -0.513. The number of hydrogen-bond acceptors (Lipinski definition) is 3. The maximum absolute atomic E-state index is 12.4. The van der Waals surface area contributed by atoms with Crippen LogP contribution in [0.4, 0.5) is 0 Å². The second-order valence-corrected chi connectivity index (χ2v) is 6.26. The molecule has 0 fully saturated rings. The number of esters is 1. The number of rotatable bonds is 6. The molecule has 0 spiro atoms. The zero-order chi connectivity index (χ0) is 19.1. The number of carbonyl (C=O) groups is 2. The van der Waals surface area contributed by atoms with Crippen LogP contribution in [-0.4, -0.2) is 18.5 Å². The molecule has 1 amide bonds. The summed E-state index contributed by atoms with van der Waals surface area (Å²) in [6.45, 7) is 1.61. The van der Waals surface area contributed by atoms with E-state index >= 15 is 0 Å². The van der Waals surface area contributed by atoms with E-state index < -0.39 is 5.97 Å². The van der Waals surface area contributed by atoms with Crippen molar-refractivity contribution in [3.8, 4) is 0 Å². The minimum absolute atomic E-state index is 0.307. The lowest BCUT2D eigenvalue weighted by Crippen LogP contribution is -2.33. The third-order valence-electron chi connectivity index (χ3n) is 4.19. The Balaban J connectivity index is 1.66. The molecule has 0 saturated carbocycles. The van der Waals surface area contributed by atoms with Crippen molar-refractivity contribution >= 4 is 11.9 Å². The molecule has 0 bridgehead atoms. The molecule has 3 aromatic carbocycles. The van der Waals surface area contributed by atoms with Crippen LogP contribution in [0.25, 0.3) is 0 Å². The fourth-order valence-electron chi connectivity index (χ4n) is 2.76. The molecule has 0 unspecified atom stereocenters. The van der Waals surface area contributed by atoms with Crippen LogP contribution in [0.1, 0.15) is 33.1 Å². The maximum Gasteiger partial charge on any atom is 0.338 e. The largest absolute Gasteiger partial charge is 0.452 e. The first-order valence-electron chi connectivity index (χ1n) is 8.76. The SMILES string of the molecule is Cc1ccc(C(=O)OCC(=O)NC(c2ccccc2)c2ccccc2)cc1. The van der Waals surface area contributed by atoms with Crippen LogP contribution in [-0.2, 0) is 9.53 Å². The van der Waals surface area contributed by atoms with Crippen LogP contribution >= 0.6 is 0 Å². The van der Waals surface area contributed by atoms with Gasteiger partial charge in [-0.15, -0.1) is 0 Å². The molecule has 4 heteroatoms. The zero-order valence-corrected chi connectivity index (χ0v) is 15.1. The van der Waals surface area contributed by atoms with E-state index in [1.807, 2.05) is 79.7 Å². The van der Waals surface area contributed by atoms with E-state index in [1.54, 1.807) is 12.1 Å². The summed E-state index contributed by atoms with van der Waals surface area (Å²) in [6, 6.07) is 26.1. The molecule has 0 aromatic heterocycles. The summed E-state index contributed by atoms with van der Waals surface area (Å²) in [7, 11) is 0. The average Bonchev–Trinajstić information content (AvgIpc) is 2.72. The Hall–Kier alpha value is -3.40. The number of aryl methyl sites for hydroxylation is 1. The third-order valence-corrected chi connectivity index (χ3v) is 4.19. The quantitative estimate of drug-likeness (QED) is 0.675. The highest BCUT2D eigenvalue weighted by molar-refractivity contribution is 5.91. The van der Waals surface area contributed by atoms with Gasteiger partial charge in [0, 0.05) is 0 Å². The predicted molar refractivity (Wildman–Crippen MR) is 104 cm³/mol. The first-order valence-corrected chi connectivity index (χ1v) is 8.76. The van der Waals surface area contributed by atoms with E-state index in [0.717, 1.165) is 16.7 Å². The molecule has 0 aliphatic heterocycles. The molecule has 0 saturated heterocycles. The molecule has 3 aromatic rings. The molecule has 0 radical (unpaired) electrons. The average molecular weight is 359 g/mol. The molecule has 136 valence electrons. The van der Waals surface area contributed by atoms with E-state index in [-0.39, 0.29) is 18.6 Å². The molecule has 0 atom stereocenters. The van der Waals surface area contributed by atoms with Gasteiger partial charge in [-0.1, -0.05) is 78.4 Å². The van der Waals surface area contributed by atoms with E-state index in [2.05, 4.69) is 5.32 Å². The van der Waals surface area contributed by atoms with Crippen LogP contribution in [0.2, 0.25) is 0 Å². The Morgan fingerprint density at radius 1 is 0.815 bits per heavy atom. The van der Waals surface area contributed by atoms with E-state index in [9.17, 15) is 9.59 Å². The monoisotopic (exact) mass is 359 g/mol. The Bertz CT molecular complexity index is 850. The fourth-order valence-corrected chi connectivity index (χ4v) is 2.76. The number of amides is 1. The Morgan fingerprint density at radius 3 is 1.85 bits per heavy atom. The van der Waals surface area contributed by atoms with Gasteiger partial charge in [-0.3, -0.25) is 4.79 Å². The number of hydrogen-bond donors (Lipinski definition) is 1. The lowest BCUT2D eigenvalue weighted by atomic mass is 9.99. The highest BCUT2D eigenvalue weighted by atomic mass is 16.5. The second-order valence-electron chi connectivity index (χ2n) is 6.26. The van der Waals surface area contributed by atoms with Gasteiger partial charge in [-0.25, -0.2) is 4.79 Å². The minimum Gasteiger partial charge on any atom is -0.452 e. The Kier molecular flexibility index (Phi) is 6.00. The molecule has 4 nitrogen and oxygen atoms in total. The first kappa shape index (κ1) is 18.4. The molecule has 3 rings (SSSR count). The highest BCUT2D eigenvalue weighted by Gasteiger charge is 2.18. The highest BCUT2D eigenvalue weighted by Crippen LogP contribution is 2.21. The van der Waals surface area contributed by atoms with Gasteiger partial charge in [0.15, 0.2) is 6.61 Å². The third kappa shape index (κ3) is 5.05. The van der Waals surface area contributed by atoms with Crippen molar-refractivity contribution in [1.29, 1.82) is 0 Å². The Labute approximate surface area is 158 Å². The smallest absolute Gasteiger partial charge is 0.338 e. The van der Waals surface area contributed by atoms with Gasteiger partial charge in [-0.2, -0.15) is 0 Å². The van der Waals surface area contributed by atoms with Gasteiger partial charge in [0.25, 0.3) is 5.91 Å². The van der Waals surface area contributed by atoms with Crippen molar-refractivity contribution in [1.82, 2.24) is 5.32 Å². The summed E-state index contributed by atoms with van der Waals surface area (Å²) in [5.74, 6) is -0.866. The van der Waals surface area contributed by atoms with Crippen LogP contribution < -0.4 is 5.32 Å². The van der Waals surface area contributed by atoms with E-state index in [0.29, 0.717) is 5.56 Å². The van der Waals surface area contributed by atoms with Gasteiger partial charge < -0.3 is 10.1 Å². The molecular formula is C23H21NO3. The van der Waals surface area contributed by atoms with Gasteiger partial charge in [-0.05, 0) is 30.2 Å². The summed E-state index contributed by atoms with van der Waals surface area (Å²) in [4.78, 5) is 24.5. The van der Waals surface area contributed by atoms with Gasteiger partial charge in [0.05, 0.1) is 11.6 Å². The predicted octanol–water partition coefficient (Wildman–Crippen LogP) is 4.06. The number of ether oxygens (including phenoxy) is 1. The maximum atomic E-state index is 12.4. The van der Waals surface area contributed by atoms with Crippen molar-refractivity contribution in [2.75, 3.05) is 6.61 Å². The summed E-state index contributed by atoms with van der Waals surface area (Å²) in [5, 5.41) is 2.95. The molecule has 27 heavy (non-hydrogen) atoms. The van der Waals surface area contributed by atoms with Gasteiger partial charge >= 0.3 is 5.97 Å². The summed E-state index contributed by atoms with van der Waals surface area (Å²) < 4.78 is 5.15. The van der Waals surface area contributed by atoms with Crippen molar-refractivity contribution in [2.45, 2.75) is 13.0 Å². The lowest BCUT2D eigenvalue weighted by Gasteiger charge is -2.20. The molecular weight excluding hydrogens is 338 g/mol. The molecule has 1 N–H and O–H groups in total. The standard InChI is InChI=1S/C23H21NO3/c1-17-12-14-20(15-13-17)23(26)27-16-21(25)24-22(18-8-4-2-5-9-18)19-10-6-3-7-11-19/h2-15,22H,16H2,1H3,(H,24,25).